The first-order valence-electron chi connectivity index (χ1n) is 10.2. The molecule has 0 unspecified atom stereocenters. The predicted molar refractivity (Wildman–Crippen MR) is 129 cm³/mol. The fourth-order valence-corrected chi connectivity index (χ4v) is 3.52. The number of halogens is 1. The lowest BCUT2D eigenvalue weighted by Gasteiger charge is -2.13. The van der Waals surface area contributed by atoms with Gasteiger partial charge in [0, 0.05) is 4.47 Å². The van der Waals surface area contributed by atoms with Crippen molar-refractivity contribution in [2.45, 2.75) is 20.1 Å². The van der Waals surface area contributed by atoms with Crippen LogP contribution in [0.1, 0.15) is 22.3 Å². The van der Waals surface area contributed by atoms with Crippen LogP contribution in [0.4, 0.5) is 4.79 Å². The molecule has 3 rings (SSSR count). The highest BCUT2D eigenvalue weighted by Crippen LogP contribution is 2.29. The number of alkyl carbamates (subject to hydrolysis) is 1. The summed E-state index contributed by atoms with van der Waals surface area (Å²) in [5.74, 6) is -0.0462. The standard InChI is InChI=1S/C26H24BrNO5/c1-18-13-22(27)21(15-24(18)32-16-19-9-5-3-6-10-19)14-23(25(29)31-2)28-26(30)33-17-20-11-7-4-8-12-20/h3-15H,16-17H2,1-2H3,(H,28,30)/b23-14-. The van der Waals surface area contributed by atoms with Crippen LogP contribution < -0.4 is 10.1 Å². The van der Waals surface area contributed by atoms with E-state index in [1.165, 1.54) is 13.2 Å². The lowest BCUT2D eigenvalue weighted by molar-refractivity contribution is -0.136. The van der Waals surface area contributed by atoms with E-state index < -0.39 is 12.1 Å². The number of aryl methyl sites for hydroxylation is 1. The summed E-state index contributed by atoms with van der Waals surface area (Å²) in [7, 11) is 1.24. The maximum Gasteiger partial charge on any atom is 0.412 e. The smallest absolute Gasteiger partial charge is 0.412 e. The minimum atomic E-state index is -0.765. The Morgan fingerprint density at radius 3 is 2.15 bits per heavy atom. The van der Waals surface area contributed by atoms with Crippen molar-refractivity contribution in [1.29, 1.82) is 0 Å². The fraction of sp³-hybridized carbons (Fsp3) is 0.154. The van der Waals surface area contributed by atoms with Crippen LogP contribution in [-0.2, 0) is 27.5 Å². The lowest BCUT2D eigenvalue weighted by Crippen LogP contribution is -2.28. The Morgan fingerprint density at radius 2 is 1.55 bits per heavy atom. The topological polar surface area (TPSA) is 73.9 Å². The monoisotopic (exact) mass is 509 g/mol. The van der Waals surface area contributed by atoms with E-state index >= 15 is 0 Å². The van der Waals surface area contributed by atoms with Crippen molar-refractivity contribution >= 4 is 34.1 Å². The highest BCUT2D eigenvalue weighted by atomic mass is 79.9. The number of hydrogen-bond acceptors (Lipinski definition) is 5. The van der Waals surface area contributed by atoms with Crippen molar-refractivity contribution in [2.75, 3.05) is 7.11 Å². The quantitative estimate of drug-likeness (QED) is 0.308. The Morgan fingerprint density at radius 1 is 0.939 bits per heavy atom. The predicted octanol–water partition coefficient (Wildman–Crippen LogP) is 5.78. The van der Waals surface area contributed by atoms with E-state index in [2.05, 4.69) is 21.2 Å². The van der Waals surface area contributed by atoms with E-state index in [-0.39, 0.29) is 12.3 Å². The lowest BCUT2D eigenvalue weighted by atomic mass is 10.1. The molecule has 0 atom stereocenters. The fourth-order valence-electron chi connectivity index (χ4n) is 2.95. The molecule has 0 fully saturated rings. The van der Waals surface area contributed by atoms with Crippen molar-refractivity contribution in [2.24, 2.45) is 0 Å². The molecule has 0 aliphatic heterocycles. The van der Waals surface area contributed by atoms with Crippen LogP contribution in [0.3, 0.4) is 0 Å². The Kier molecular flexibility index (Phi) is 8.66. The second-order valence-corrected chi connectivity index (χ2v) is 8.00. The van der Waals surface area contributed by atoms with Gasteiger partial charge in [-0.15, -0.1) is 0 Å². The van der Waals surface area contributed by atoms with Gasteiger partial charge in [-0.25, -0.2) is 9.59 Å². The maximum absolute atomic E-state index is 12.3. The van der Waals surface area contributed by atoms with Gasteiger partial charge in [0.25, 0.3) is 0 Å². The number of carbonyl (C=O) groups is 2. The van der Waals surface area contributed by atoms with E-state index in [0.717, 1.165) is 21.2 Å². The third kappa shape index (κ3) is 7.22. The molecule has 0 spiro atoms. The molecule has 3 aromatic carbocycles. The number of rotatable bonds is 8. The number of ether oxygens (including phenoxy) is 3. The molecule has 0 bridgehead atoms. The highest BCUT2D eigenvalue weighted by Gasteiger charge is 2.16. The molecule has 0 aliphatic rings. The maximum atomic E-state index is 12.3. The molecule has 33 heavy (non-hydrogen) atoms. The number of benzene rings is 3. The van der Waals surface area contributed by atoms with Gasteiger partial charge in [-0.2, -0.15) is 0 Å². The average Bonchev–Trinajstić information content (AvgIpc) is 2.84. The minimum Gasteiger partial charge on any atom is -0.489 e. The Balaban J connectivity index is 1.76. The second-order valence-electron chi connectivity index (χ2n) is 7.15. The van der Waals surface area contributed by atoms with Crippen LogP contribution in [0.25, 0.3) is 6.08 Å². The Labute approximate surface area is 201 Å². The van der Waals surface area contributed by atoms with Crippen molar-refractivity contribution in [3.05, 3.63) is 105 Å². The first-order chi connectivity index (χ1) is 16.0. The molecule has 0 radical (unpaired) electrons. The van der Waals surface area contributed by atoms with Gasteiger partial charge in [-0.3, -0.25) is 5.32 Å². The van der Waals surface area contributed by atoms with Gasteiger partial charge in [0.1, 0.15) is 24.7 Å². The van der Waals surface area contributed by atoms with Crippen molar-refractivity contribution in [3.8, 4) is 5.75 Å². The SMILES string of the molecule is COC(=O)/C(=C/c1cc(OCc2ccccc2)c(C)cc1Br)NC(=O)OCc1ccccc1. The summed E-state index contributed by atoms with van der Waals surface area (Å²) in [4.78, 5) is 24.6. The highest BCUT2D eigenvalue weighted by molar-refractivity contribution is 9.10. The van der Waals surface area contributed by atoms with Gasteiger partial charge in [-0.1, -0.05) is 76.6 Å². The van der Waals surface area contributed by atoms with Crippen LogP contribution in [-0.4, -0.2) is 19.2 Å². The molecule has 0 heterocycles. The molecule has 0 saturated heterocycles. The van der Waals surface area contributed by atoms with Crippen LogP contribution >= 0.6 is 15.9 Å². The zero-order chi connectivity index (χ0) is 23.6. The molecule has 7 heteroatoms. The zero-order valence-electron chi connectivity index (χ0n) is 18.3. The van der Waals surface area contributed by atoms with Gasteiger partial charge in [0.05, 0.1) is 7.11 Å². The first-order valence-corrected chi connectivity index (χ1v) is 11.0. The van der Waals surface area contributed by atoms with Crippen LogP contribution in [0.2, 0.25) is 0 Å². The average molecular weight is 510 g/mol. The Hall–Kier alpha value is -3.58. The number of amides is 1. The zero-order valence-corrected chi connectivity index (χ0v) is 19.9. The second kappa shape index (κ2) is 11.9. The van der Waals surface area contributed by atoms with Gasteiger partial charge < -0.3 is 14.2 Å². The summed E-state index contributed by atoms with van der Waals surface area (Å²) < 4.78 is 16.7. The van der Waals surface area contributed by atoms with Gasteiger partial charge in [-0.05, 0) is 47.4 Å². The van der Waals surface area contributed by atoms with Gasteiger partial charge in [0.15, 0.2) is 0 Å². The summed E-state index contributed by atoms with van der Waals surface area (Å²) in [6.45, 7) is 2.41. The third-order valence-electron chi connectivity index (χ3n) is 4.69. The van der Waals surface area contributed by atoms with Crippen LogP contribution in [0.15, 0.2) is 83.0 Å². The summed E-state index contributed by atoms with van der Waals surface area (Å²) in [5.41, 5.74) is 3.36. The summed E-state index contributed by atoms with van der Waals surface area (Å²) in [6, 6.07) is 22.7. The number of hydrogen-bond donors (Lipinski definition) is 1. The molecule has 1 N–H and O–H groups in total. The summed E-state index contributed by atoms with van der Waals surface area (Å²) in [6.07, 6.45) is 0.744. The number of nitrogens with one attached hydrogen (secondary N) is 1. The van der Waals surface area contributed by atoms with Crippen molar-refractivity contribution in [1.82, 2.24) is 5.32 Å². The summed E-state index contributed by atoms with van der Waals surface area (Å²) in [5, 5.41) is 2.47. The molecule has 0 saturated carbocycles. The number of esters is 1. The normalized spacial score (nSPS) is 10.9. The molecule has 0 aromatic heterocycles. The number of carbonyl (C=O) groups excluding carboxylic acids is 2. The molecule has 6 nitrogen and oxygen atoms in total. The van der Waals surface area contributed by atoms with Crippen molar-refractivity contribution in [3.63, 3.8) is 0 Å². The molecule has 1 amide bonds. The van der Waals surface area contributed by atoms with E-state index in [9.17, 15) is 9.59 Å². The van der Waals surface area contributed by atoms with Crippen LogP contribution in [0.5, 0.6) is 5.75 Å². The van der Waals surface area contributed by atoms with E-state index in [0.29, 0.717) is 17.9 Å². The van der Waals surface area contributed by atoms with E-state index in [1.54, 1.807) is 6.07 Å². The van der Waals surface area contributed by atoms with Crippen LogP contribution in [0, 0.1) is 6.92 Å². The largest absolute Gasteiger partial charge is 0.489 e. The Bertz CT molecular complexity index is 1130. The van der Waals surface area contributed by atoms with E-state index in [1.807, 2.05) is 73.7 Å². The number of methoxy groups -OCH3 is 1. The molecule has 3 aromatic rings. The van der Waals surface area contributed by atoms with Gasteiger partial charge in [0.2, 0.25) is 0 Å². The summed E-state index contributed by atoms with van der Waals surface area (Å²) >= 11 is 3.51. The van der Waals surface area contributed by atoms with E-state index in [4.69, 9.17) is 14.2 Å². The molecule has 170 valence electrons. The minimum absolute atomic E-state index is 0.0610. The molecular formula is C26H24BrNO5. The van der Waals surface area contributed by atoms with Gasteiger partial charge >= 0.3 is 12.1 Å². The first kappa shape index (κ1) is 24.1. The molecule has 0 aliphatic carbocycles. The van der Waals surface area contributed by atoms with Crippen molar-refractivity contribution < 1.29 is 23.8 Å². The molecular weight excluding hydrogens is 486 g/mol. The third-order valence-corrected chi connectivity index (χ3v) is 5.37.